The minimum Gasteiger partial charge on any atom is -0.480 e. The van der Waals surface area contributed by atoms with E-state index >= 15 is 0 Å². The van der Waals surface area contributed by atoms with Crippen LogP contribution in [0.25, 0.3) is 11.1 Å². The summed E-state index contributed by atoms with van der Waals surface area (Å²) in [5, 5.41) is 11.5. The van der Waals surface area contributed by atoms with Crippen LogP contribution in [0.5, 0.6) is 0 Å². The van der Waals surface area contributed by atoms with E-state index in [4.69, 9.17) is 9.52 Å². The average molecular weight is 238 g/mol. The number of hydrogen-bond donors (Lipinski definition) is 3. The van der Waals surface area contributed by atoms with E-state index < -0.39 is 12.0 Å². The van der Waals surface area contributed by atoms with Crippen LogP contribution >= 0.6 is 12.6 Å². The molecule has 0 saturated heterocycles. The Balaban J connectivity index is 2.24. The number of benzene rings is 1. The summed E-state index contributed by atoms with van der Waals surface area (Å²) in [7, 11) is 0. The van der Waals surface area contributed by atoms with Gasteiger partial charge in [-0.05, 0) is 12.1 Å². The number of anilines is 1. The molecule has 0 bridgehead atoms. The minimum atomic E-state index is -0.989. The van der Waals surface area contributed by atoms with Gasteiger partial charge in [0.25, 0.3) is 6.01 Å². The number of nitrogens with zero attached hydrogens (tertiary/aromatic N) is 1. The number of nitrogens with one attached hydrogen (secondary N) is 1. The number of aliphatic carboxylic acids is 1. The third-order valence-electron chi connectivity index (χ3n) is 2.07. The molecular formula is C10H10N2O3S. The summed E-state index contributed by atoms with van der Waals surface area (Å²) in [4.78, 5) is 14.9. The molecule has 0 saturated carbocycles. The Morgan fingerprint density at radius 2 is 2.31 bits per heavy atom. The predicted octanol–water partition coefficient (Wildman–Crippen LogP) is 1.62. The Hall–Kier alpha value is -1.69. The molecule has 0 amide bonds. The first kappa shape index (κ1) is 10.8. The second-order valence-electron chi connectivity index (χ2n) is 3.20. The molecule has 1 heterocycles. The topological polar surface area (TPSA) is 75.4 Å². The monoisotopic (exact) mass is 238 g/mol. The second-order valence-corrected chi connectivity index (χ2v) is 3.57. The van der Waals surface area contributed by atoms with E-state index in [9.17, 15) is 4.79 Å². The number of aromatic nitrogens is 1. The van der Waals surface area contributed by atoms with Gasteiger partial charge in [0.2, 0.25) is 0 Å². The molecule has 2 aromatic rings. The van der Waals surface area contributed by atoms with Gasteiger partial charge in [-0.2, -0.15) is 17.6 Å². The predicted molar refractivity (Wildman–Crippen MR) is 62.9 cm³/mol. The fourth-order valence-corrected chi connectivity index (χ4v) is 1.52. The summed E-state index contributed by atoms with van der Waals surface area (Å²) in [5.41, 5.74) is 1.31. The summed E-state index contributed by atoms with van der Waals surface area (Å²) < 4.78 is 5.33. The van der Waals surface area contributed by atoms with Gasteiger partial charge in [-0.25, -0.2) is 4.79 Å². The van der Waals surface area contributed by atoms with Crippen LogP contribution in [0, 0.1) is 0 Å². The lowest BCUT2D eigenvalue weighted by Gasteiger charge is -2.08. The molecule has 0 radical (unpaired) electrons. The van der Waals surface area contributed by atoms with E-state index in [1.165, 1.54) is 0 Å². The molecule has 1 aromatic heterocycles. The maximum atomic E-state index is 10.8. The van der Waals surface area contributed by atoms with Gasteiger partial charge in [-0.3, -0.25) is 0 Å². The molecule has 16 heavy (non-hydrogen) atoms. The molecule has 2 N–H and O–H groups in total. The SMILES string of the molecule is O=C(O)[C@@H](CS)Nc1nc2ccccc2o1. The smallest absolute Gasteiger partial charge is 0.327 e. The standard InChI is InChI=1S/C10H10N2O3S/c13-9(14)7(5-16)12-10-11-6-3-1-2-4-8(6)15-10/h1-4,7,16H,5H2,(H,11,12)(H,13,14)/t7-/m1/s1. The first-order valence-corrected chi connectivity index (χ1v) is 5.29. The fraction of sp³-hybridized carbons (Fsp3) is 0.200. The van der Waals surface area contributed by atoms with E-state index in [2.05, 4.69) is 22.9 Å². The highest BCUT2D eigenvalue weighted by molar-refractivity contribution is 7.80. The van der Waals surface area contributed by atoms with Gasteiger partial charge in [0.05, 0.1) is 0 Å². The van der Waals surface area contributed by atoms with Crippen LogP contribution in [-0.4, -0.2) is 27.9 Å². The van der Waals surface area contributed by atoms with Crippen molar-refractivity contribution < 1.29 is 14.3 Å². The van der Waals surface area contributed by atoms with Crippen LogP contribution in [0.15, 0.2) is 28.7 Å². The highest BCUT2D eigenvalue weighted by atomic mass is 32.1. The lowest BCUT2D eigenvalue weighted by molar-refractivity contribution is -0.137. The molecule has 0 aliphatic rings. The fourth-order valence-electron chi connectivity index (χ4n) is 1.27. The Kier molecular flexibility index (Phi) is 3.00. The number of rotatable bonds is 4. The molecular weight excluding hydrogens is 228 g/mol. The zero-order valence-corrected chi connectivity index (χ0v) is 9.15. The average Bonchev–Trinajstić information content (AvgIpc) is 2.67. The molecule has 6 heteroatoms. The Morgan fingerprint density at radius 1 is 1.56 bits per heavy atom. The molecule has 0 aliphatic heterocycles. The molecule has 1 atom stereocenters. The van der Waals surface area contributed by atoms with Crippen molar-refractivity contribution in [1.82, 2.24) is 4.98 Å². The van der Waals surface area contributed by atoms with Crippen molar-refractivity contribution in [3.05, 3.63) is 24.3 Å². The highest BCUT2D eigenvalue weighted by Crippen LogP contribution is 2.18. The van der Waals surface area contributed by atoms with Gasteiger partial charge in [0.1, 0.15) is 11.6 Å². The normalized spacial score (nSPS) is 12.6. The summed E-state index contributed by atoms with van der Waals surface area (Å²) in [6, 6.07) is 6.61. The van der Waals surface area contributed by atoms with E-state index in [0.717, 1.165) is 0 Å². The van der Waals surface area contributed by atoms with Gasteiger partial charge in [-0.1, -0.05) is 12.1 Å². The van der Waals surface area contributed by atoms with Crippen LogP contribution < -0.4 is 5.32 Å². The van der Waals surface area contributed by atoms with E-state index in [-0.39, 0.29) is 11.8 Å². The zero-order chi connectivity index (χ0) is 11.5. The third kappa shape index (κ3) is 2.11. The number of carboxylic acids is 1. The van der Waals surface area contributed by atoms with Crippen molar-refractivity contribution in [1.29, 1.82) is 0 Å². The Morgan fingerprint density at radius 3 is 2.94 bits per heavy atom. The number of para-hydroxylation sites is 2. The van der Waals surface area contributed by atoms with E-state index in [0.29, 0.717) is 11.1 Å². The molecule has 5 nitrogen and oxygen atoms in total. The molecule has 2 rings (SSSR count). The third-order valence-corrected chi connectivity index (χ3v) is 2.44. The lowest BCUT2D eigenvalue weighted by Crippen LogP contribution is -2.30. The Labute approximate surface area is 96.9 Å². The van der Waals surface area contributed by atoms with Crippen molar-refractivity contribution in [2.24, 2.45) is 0 Å². The van der Waals surface area contributed by atoms with Gasteiger partial charge >= 0.3 is 5.97 Å². The number of fused-ring (bicyclic) bond motifs is 1. The number of hydrogen-bond acceptors (Lipinski definition) is 5. The van der Waals surface area contributed by atoms with Gasteiger partial charge in [-0.15, -0.1) is 0 Å². The Bertz CT molecular complexity index is 478. The molecule has 0 fully saturated rings. The summed E-state index contributed by atoms with van der Waals surface area (Å²) in [5.74, 6) is -0.828. The number of carbonyl (C=O) groups is 1. The molecule has 0 aliphatic carbocycles. The van der Waals surface area contributed by atoms with Gasteiger partial charge in [0, 0.05) is 5.75 Å². The van der Waals surface area contributed by atoms with Crippen LogP contribution in [-0.2, 0) is 4.79 Å². The van der Waals surface area contributed by atoms with Crippen molar-refractivity contribution in [3.8, 4) is 0 Å². The number of carboxylic acid groups (broad SMARTS) is 1. The lowest BCUT2D eigenvalue weighted by atomic mass is 10.3. The number of thiol groups is 1. The first-order chi connectivity index (χ1) is 7.70. The van der Waals surface area contributed by atoms with Crippen LogP contribution in [0.2, 0.25) is 0 Å². The van der Waals surface area contributed by atoms with Crippen molar-refractivity contribution >= 4 is 35.7 Å². The van der Waals surface area contributed by atoms with Crippen molar-refractivity contribution in [2.45, 2.75) is 6.04 Å². The van der Waals surface area contributed by atoms with Gasteiger partial charge < -0.3 is 14.8 Å². The molecule has 0 spiro atoms. The van der Waals surface area contributed by atoms with Crippen LogP contribution in [0.3, 0.4) is 0 Å². The van der Waals surface area contributed by atoms with E-state index in [1.807, 2.05) is 12.1 Å². The van der Waals surface area contributed by atoms with Crippen molar-refractivity contribution in [2.75, 3.05) is 11.1 Å². The largest absolute Gasteiger partial charge is 0.480 e. The quantitative estimate of drug-likeness (QED) is 0.706. The summed E-state index contributed by atoms with van der Waals surface area (Å²) >= 11 is 3.94. The highest BCUT2D eigenvalue weighted by Gasteiger charge is 2.17. The molecule has 84 valence electrons. The molecule has 1 aromatic carbocycles. The van der Waals surface area contributed by atoms with Gasteiger partial charge in [0.15, 0.2) is 5.58 Å². The second kappa shape index (κ2) is 4.44. The minimum absolute atomic E-state index is 0.161. The molecule has 0 unspecified atom stereocenters. The summed E-state index contributed by atoms with van der Waals surface area (Å²) in [6.45, 7) is 0. The number of oxazole rings is 1. The van der Waals surface area contributed by atoms with E-state index in [1.54, 1.807) is 12.1 Å². The van der Waals surface area contributed by atoms with Crippen LogP contribution in [0.4, 0.5) is 6.01 Å². The maximum absolute atomic E-state index is 10.8. The summed E-state index contributed by atoms with van der Waals surface area (Å²) in [6.07, 6.45) is 0. The van der Waals surface area contributed by atoms with Crippen LogP contribution in [0.1, 0.15) is 0 Å². The maximum Gasteiger partial charge on any atom is 0.327 e. The first-order valence-electron chi connectivity index (χ1n) is 4.66. The zero-order valence-electron chi connectivity index (χ0n) is 8.25. The van der Waals surface area contributed by atoms with Crippen molar-refractivity contribution in [3.63, 3.8) is 0 Å².